The molecule has 0 aliphatic carbocycles. The Morgan fingerprint density at radius 1 is 1.22 bits per heavy atom. The molecule has 0 heterocycles. The lowest BCUT2D eigenvalue weighted by Crippen LogP contribution is -2.17. The number of phenolic OH excluding ortho intramolecular Hbond substituents is 2. The van der Waals surface area contributed by atoms with E-state index in [-0.39, 0.29) is 17.1 Å². The first kappa shape index (κ1) is 16.8. The molecule has 120 valence electrons. The first-order valence-corrected chi connectivity index (χ1v) is 7.50. The van der Waals surface area contributed by atoms with Crippen molar-refractivity contribution in [3.8, 4) is 11.5 Å². The number of rotatable bonds is 4. The highest BCUT2D eigenvalue weighted by Crippen LogP contribution is 2.25. The number of halogens is 1. The lowest BCUT2D eigenvalue weighted by Gasteiger charge is -2.14. The molecule has 0 aromatic heterocycles. The highest BCUT2D eigenvalue weighted by molar-refractivity contribution is 9.10. The summed E-state index contributed by atoms with van der Waals surface area (Å²) in [5.41, 5.74) is 4.19. The fourth-order valence-electron chi connectivity index (χ4n) is 1.90. The van der Waals surface area contributed by atoms with Gasteiger partial charge in [-0.05, 0) is 45.8 Å². The summed E-state index contributed by atoms with van der Waals surface area (Å²) in [5.74, 6) is -0.994. The van der Waals surface area contributed by atoms with E-state index in [1.54, 1.807) is 0 Å². The van der Waals surface area contributed by atoms with Crippen LogP contribution in [0.25, 0.3) is 0 Å². The molecule has 0 saturated carbocycles. The molecule has 1 amide bonds. The minimum Gasteiger partial charge on any atom is -0.508 e. The summed E-state index contributed by atoms with van der Waals surface area (Å²) < 4.78 is 0.911. The Morgan fingerprint density at radius 2 is 1.96 bits per heavy atom. The average Bonchev–Trinajstić information content (AvgIpc) is 2.46. The SMILES string of the molecule is CN(C)c1ccc(/C=N\NC(=O)c2ccc(O)cc2O)cc1Br. The second-order valence-corrected chi connectivity index (χ2v) is 5.86. The quantitative estimate of drug-likeness (QED) is 0.564. The van der Waals surface area contributed by atoms with Crippen LogP contribution < -0.4 is 10.3 Å². The van der Waals surface area contributed by atoms with Crippen molar-refractivity contribution in [2.75, 3.05) is 19.0 Å². The summed E-state index contributed by atoms with van der Waals surface area (Å²) in [6.45, 7) is 0. The van der Waals surface area contributed by atoms with E-state index in [0.717, 1.165) is 21.8 Å². The van der Waals surface area contributed by atoms with Crippen molar-refractivity contribution in [1.82, 2.24) is 5.43 Å². The van der Waals surface area contributed by atoms with Gasteiger partial charge in [-0.15, -0.1) is 0 Å². The van der Waals surface area contributed by atoms with Gasteiger partial charge in [0, 0.05) is 24.6 Å². The Kier molecular flexibility index (Phi) is 5.23. The minimum atomic E-state index is -0.567. The van der Waals surface area contributed by atoms with E-state index in [1.807, 2.05) is 37.2 Å². The minimum absolute atomic E-state index is 0.0316. The molecule has 0 fully saturated rings. The van der Waals surface area contributed by atoms with Crippen LogP contribution in [0.2, 0.25) is 0 Å². The van der Waals surface area contributed by atoms with Crippen LogP contribution >= 0.6 is 15.9 Å². The van der Waals surface area contributed by atoms with Crippen LogP contribution in [0.3, 0.4) is 0 Å². The van der Waals surface area contributed by atoms with Gasteiger partial charge >= 0.3 is 0 Å². The Balaban J connectivity index is 2.06. The third-order valence-electron chi connectivity index (χ3n) is 3.06. The molecule has 0 radical (unpaired) electrons. The summed E-state index contributed by atoms with van der Waals surface area (Å²) in [6, 6.07) is 9.40. The number of nitrogens with one attached hydrogen (secondary N) is 1. The normalized spacial score (nSPS) is 10.7. The number of hydrazone groups is 1. The molecule has 7 heteroatoms. The van der Waals surface area contributed by atoms with Gasteiger partial charge in [0.25, 0.3) is 5.91 Å². The molecule has 0 unspecified atom stereocenters. The summed E-state index contributed by atoms with van der Waals surface area (Å²) in [4.78, 5) is 13.9. The third kappa shape index (κ3) is 4.23. The lowest BCUT2D eigenvalue weighted by molar-refractivity contribution is 0.0952. The van der Waals surface area contributed by atoms with Gasteiger partial charge in [0.1, 0.15) is 11.5 Å². The van der Waals surface area contributed by atoms with Crippen LogP contribution in [-0.4, -0.2) is 36.4 Å². The number of phenols is 2. The third-order valence-corrected chi connectivity index (χ3v) is 3.69. The molecule has 2 rings (SSSR count). The number of anilines is 1. The Hall–Kier alpha value is -2.54. The number of nitrogens with zero attached hydrogens (tertiary/aromatic N) is 2. The van der Waals surface area contributed by atoms with Gasteiger partial charge < -0.3 is 15.1 Å². The molecule has 0 aliphatic heterocycles. The van der Waals surface area contributed by atoms with Gasteiger partial charge in [0.15, 0.2) is 0 Å². The highest BCUT2D eigenvalue weighted by atomic mass is 79.9. The molecule has 0 aliphatic rings. The fourth-order valence-corrected chi connectivity index (χ4v) is 2.65. The molecule has 3 N–H and O–H groups in total. The van der Waals surface area contributed by atoms with Gasteiger partial charge in [0.2, 0.25) is 0 Å². The van der Waals surface area contributed by atoms with E-state index in [2.05, 4.69) is 26.5 Å². The van der Waals surface area contributed by atoms with Crippen molar-refractivity contribution in [2.45, 2.75) is 0 Å². The fraction of sp³-hybridized carbons (Fsp3) is 0.125. The van der Waals surface area contributed by atoms with Crippen molar-refractivity contribution in [2.24, 2.45) is 5.10 Å². The maximum atomic E-state index is 11.9. The summed E-state index contributed by atoms with van der Waals surface area (Å²) in [7, 11) is 3.89. The molecule has 0 spiro atoms. The smallest absolute Gasteiger partial charge is 0.275 e. The summed E-state index contributed by atoms with van der Waals surface area (Å²) in [5, 5.41) is 22.7. The average molecular weight is 378 g/mol. The van der Waals surface area contributed by atoms with E-state index in [4.69, 9.17) is 0 Å². The van der Waals surface area contributed by atoms with E-state index < -0.39 is 5.91 Å². The van der Waals surface area contributed by atoms with E-state index in [1.165, 1.54) is 18.3 Å². The Labute approximate surface area is 142 Å². The van der Waals surface area contributed by atoms with Gasteiger partial charge in [-0.2, -0.15) is 5.10 Å². The Morgan fingerprint density at radius 3 is 2.57 bits per heavy atom. The molecule has 0 bridgehead atoms. The number of aromatic hydroxyl groups is 2. The molecule has 2 aromatic carbocycles. The highest BCUT2D eigenvalue weighted by Gasteiger charge is 2.10. The predicted octanol–water partition coefficient (Wildman–Crippen LogP) is 2.69. The van der Waals surface area contributed by atoms with Crippen LogP contribution in [0.4, 0.5) is 5.69 Å². The van der Waals surface area contributed by atoms with Crippen molar-refractivity contribution in [1.29, 1.82) is 0 Å². The first-order chi connectivity index (χ1) is 10.9. The molecular weight excluding hydrogens is 362 g/mol. The number of carbonyl (C=O) groups is 1. The van der Waals surface area contributed by atoms with Crippen molar-refractivity contribution < 1.29 is 15.0 Å². The predicted molar refractivity (Wildman–Crippen MR) is 93.3 cm³/mol. The molecule has 6 nitrogen and oxygen atoms in total. The molecule has 23 heavy (non-hydrogen) atoms. The number of carbonyl (C=O) groups excluding carboxylic acids is 1. The molecular formula is C16H16BrN3O3. The zero-order chi connectivity index (χ0) is 17.0. The van der Waals surface area contributed by atoms with Crippen molar-refractivity contribution >= 4 is 33.7 Å². The van der Waals surface area contributed by atoms with Crippen molar-refractivity contribution in [3.63, 3.8) is 0 Å². The monoisotopic (exact) mass is 377 g/mol. The zero-order valence-corrected chi connectivity index (χ0v) is 14.2. The molecule has 0 saturated heterocycles. The number of amides is 1. The van der Waals surface area contributed by atoms with Gasteiger partial charge in [0.05, 0.1) is 17.5 Å². The van der Waals surface area contributed by atoms with Crippen LogP contribution in [0.15, 0.2) is 46.0 Å². The Bertz CT molecular complexity index is 760. The summed E-state index contributed by atoms with van der Waals surface area (Å²) in [6.07, 6.45) is 1.50. The number of hydrogen-bond acceptors (Lipinski definition) is 5. The first-order valence-electron chi connectivity index (χ1n) is 6.70. The lowest BCUT2D eigenvalue weighted by atomic mass is 10.2. The standard InChI is InChI=1S/C16H16BrN3O3/c1-20(2)14-6-3-10(7-13(14)17)9-18-19-16(23)12-5-4-11(21)8-15(12)22/h3-9,21-22H,1-2H3,(H,19,23)/b18-9-. The van der Waals surface area contributed by atoms with Gasteiger partial charge in [-0.1, -0.05) is 6.07 Å². The second-order valence-electron chi connectivity index (χ2n) is 5.01. The largest absolute Gasteiger partial charge is 0.508 e. The maximum absolute atomic E-state index is 11.9. The van der Waals surface area contributed by atoms with Crippen LogP contribution in [0.1, 0.15) is 15.9 Å². The molecule has 2 aromatic rings. The summed E-state index contributed by atoms with van der Waals surface area (Å²) >= 11 is 3.47. The zero-order valence-electron chi connectivity index (χ0n) is 12.6. The topological polar surface area (TPSA) is 85.2 Å². The van der Waals surface area contributed by atoms with Gasteiger partial charge in [-0.3, -0.25) is 4.79 Å². The van der Waals surface area contributed by atoms with Crippen LogP contribution in [0.5, 0.6) is 11.5 Å². The van der Waals surface area contributed by atoms with E-state index in [9.17, 15) is 15.0 Å². The van der Waals surface area contributed by atoms with E-state index >= 15 is 0 Å². The van der Waals surface area contributed by atoms with Gasteiger partial charge in [-0.25, -0.2) is 5.43 Å². The van der Waals surface area contributed by atoms with Crippen LogP contribution in [-0.2, 0) is 0 Å². The van der Waals surface area contributed by atoms with Crippen molar-refractivity contribution in [3.05, 3.63) is 52.0 Å². The van der Waals surface area contributed by atoms with Crippen LogP contribution in [0, 0.1) is 0 Å². The molecule has 0 atom stereocenters. The second kappa shape index (κ2) is 7.15. The number of hydrogen-bond donors (Lipinski definition) is 3. The van der Waals surface area contributed by atoms with E-state index in [0.29, 0.717) is 0 Å². The maximum Gasteiger partial charge on any atom is 0.275 e. The number of benzene rings is 2.